The molecule has 1 aromatic heterocycles. The molecule has 0 amide bonds. The van der Waals surface area contributed by atoms with E-state index in [0.717, 1.165) is 0 Å². The van der Waals surface area contributed by atoms with Gasteiger partial charge in [0.1, 0.15) is 5.82 Å². The topological polar surface area (TPSA) is 160 Å². The number of aliphatic imine (C=N–C) groups is 2. The van der Waals surface area contributed by atoms with E-state index in [-0.39, 0.29) is 27.8 Å². The van der Waals surface area contributed by atoms with Gasteiger partial charge in [0.15, 0.2) is 17.5 Å². The third-order valence-corrected chi connectivity index (χ3v) is 3.49. The van der Waals surface area contributed by atoms with Crippen LogP contribution in [0.25, 0.3) is 0 Å². The number of halogens is 2. The van der Waals surface area contributed by atoms with Crippen molar-refractivity contribution >= 4 is 39.2 Å². The van der Waals surface area contributed by atoms with E-state index in [1.54, 1.807) is 0 Å². The summed E-state index contributed by atoms with van der Waals surface area (Å²) in [5.41, 5.74) is 12.9. The molecule has 25 heavy (non-hydrogen) atoms. The maximum Gasteiger partial charge on any atom is 0.202 e. The van der Waals surface area contributed by atoms with Gasteiger partial charge in [-0.2, -0.15) is 0 Å². The van der Waals surface area contributed by atoms with Gasteiger partial charge in [-0.25, -0.2) is 14.0 Å². The smallest absolute Gasteiger partial charge is 0.202 e. The van der Waals surface area contributed by atoms with Gasteiger partial charge in [0.25, 0.3) is 0 Å². The number of hydrogen-bond acceptors (Lipinski definition) is 7. The lowest BCUT2D eigenvalue weighted by Crippen LogP contribution is -2.23. The molecule has 134 valence electrons. The Morgan fingerprint density at radius 2 is 2.16 bits per heavy atom. The second kappa shape index (κ2) is 8.94. The first kappa shape index (κ1) is 18.6. The average Bonchev–Trinajstić information content (AvgIpc) is 3.03. The van der Waals surface area contributed by atoms with Crippen LogP contribution in [0.1, 0.15) is 12.1 Å². The summed E-state index contributed by atoms with van der Waals surface area (Å²) in [7, 11) is 0. The van der Waals surface area contributed by atoms with Crippen molar-refractivity contribution in [2.24, 2.45) is 21.5 Å². The van der Waals surface area contributed by atoms with Crippen molar-refractivity contribution in [2.45, 2.75) is 6.42 Å². The minimum atomic E-state index is -0.427. The van der Waals surface area contributed by atoms with Gasteiger partial charge in [-0.05, 0) is 50.9 Å². The minimum absolute atomic E-state index is 0.0214. The molecule has 0 unspecified atom stereocenters. The number of hydrogen-bond donors (Lipinski definition) is 5. The van der Waals surface area contributed by atoms with Crippen molar-refractivity contribution in [2.75, 3.05) is 18.4 Å². The van der Waals surface area contributed by atoms with Crippen molar-refractivity contribution < 1.29 is 14.2 Å². The Bertz CT molecular complexity index is 775. The lowest BCUT2D eigenvalue weighted by atomic mass is 10.3. The molecule has 0 atom stereocenters. The quantitative estimate of drug-likeness (QED) is 0.195. The van der Waals surface area contributed by atoms with Gasteiger partial charge in [-0.1, -0.05) is 0 Å². The van der Waals surface area contributed by atoms with Crippen molar-refractivity contribution in [1.82, 2.24) is 15.8 Å². The van der Waals surface area contributed by atoms with Crippen molar-refractivity contribution in [3.05, 3.63) is 34.2 Å². The molecule has 0 aliphatic carbocycles. The first-order chi connectivity index (χ1) is 12.0. The van der Waals surface area contributed by atoms with Gasteiger partial charge in [0.2, 0.25) is 5.82 Å². The van der Waals surface area contributed by atoms with Crippen LogP contribution in [-0.2, 0) is 0 Å². The third kappa shape index (κ3) is 5.39. The number of amidine groups is 1. The summed E-state index contributed by atoms with van der Waals surface area (Å²) >= 11 is 3.07. The number of nitrogens with zero attached hydrogens (tertiary/aromatic N) is 4. The van der Waals surface area contributed by atoms with Crippen LogP contribution in [0, 0.1) is 5.82 Å². The van der Waals surface area contributed by atoms with Gasteiger partial charge in [0.05, 0.1) is 10.2 Å². The molecule has 0 saturated heterocycles. The zero-order valence-corrected chi connectivity index (χ0v) is 14.5. The standard InChI is InChI=1S/C13H16BrFN8O2/c14-8-6-7(2-3-9(8)15)20-12(21-24)10-11(23-25-22-10)18-4-1-5-19-13(16)17/h2-3,6,24H,1,4-5H2,(H,18,23)(H,20,21)(H4,16,17,19). The first-order valence-electron chi connectivity index (χ1n) is 7.07. The van der Waals surface area contributed by atoms with Crippen molar-refractivity contribution in [1.29, 1.82) is 0 Å². The minimum Gasteiger partial charge on any atom is -0.370 e. The van der Waals surface area contributed by atoms with E-state index in [9.17, 15) is 9.60 Å². The van der Waals surface area contributed by atoms with E-state index in [0.29, 0.717) is 25.2 Å². The van der Waals surface area contributed by atoms with E-state index >= 15 is 0 Å². The van der Waals surface area contributed by atoms with Crippen LogP contribution in [0.2, 0.25) is 0 Å². The number of hydroxylamine groups is 1. The second-order valence-corrected chi connectivity index (χ2v) is 5.57. The lowest BCUT2D eigenvalue weighted by Gasteiger charge is -2.05. The number of guanidine groups is 1. The van der Waals surface area contributed by atoms with Crippen LogP contribution >= 0.6 is 15.9 Å². The van der Waals surface area contributed by atoms with Gasteiger partial charge in [0, 0.05) is 13.1 Å². The second-order valence-electron chi connectivity index (χ2n) is 4.72. The maximum atomic E-state index is 13.3. The molecule has 0 aliphatic heterocycles. The Hall–Kier alpha value is -2.73. The Morgan fingerprint density at radius 3 is 2.84 bits per heavy atom. The fourth-order valence-electron chi connectivity index (χ4n) is 1.77. The van der Waals surface area contributed by atoms with Gasteiger partial charge < -0.3 is 16.8 Å². The van der Waals surface area contributed by atoms with Crippen LogP contribution in [0.4, 0.5) is 15.9 Å². The highest BCUT2D eigenvalue weighted by Gasteiger charge is 2.16. The molecule has 0 bridgehead atoms. The van der Waals surface area contributed by atoms with Crippen LogP contribution in [0.15, 0.2) is 37.3 Å². The van der Waals surface area contributed by atoms with Crippen LogP contribution < -0.4 is 22.3 Å². The van der Waals surface area contributed by atoms with E-state index in [4.69, 9.17) is 11.5 Å². The molecule has 0 radical (unpaired) electrons. The fraction of sp³-hybridized carbons (Fsp3) is 0.231. The molecule has 0 fully saturated rings. The highest BCUT2D eigenvalue weighted by atomic mass is 79.9. The zero-order valence-electron chi connectivity index (χ0n) is 12.9. The molecule has 2 aromatic rings. The summed E-state index contributed by atoms with van der Waals surface area (Å²) in [5.74, 6) is -0.158. The summed E-state index contributed by atoms with van der Waals surface area (Å²) in [5, 5.41) is 19.7. The predicted octanol–water partition coefficient (Wildman–Crippen LogP) is 1.10. The highest BCUT2D eigenvalue weighted by Crippen LogP contribution is 2.23. The van der Waals surface area contributed by atoms with Gasteiger partial charge in [-0.15, -0.1) is 0 Å². The first-order valence-corrected chi connectivity index (χ1v) is 7.86. The summed E-state index contributed by atoms with van der Waals surface area (Å²) in [6.07, 6.45) is 0.633. The SMILES string of the molecule is NC(N)=NCCCNc1nonc1C(=Nc1ccc(F)c(Br)c1)NO. The molecular weight excluding hydrogens is 399 g/mol. The summed E-state index contributed by atoms with van der Waals surface area (Å²) in [6, 6.07) is 4.12. The summed E-state index contributed by atoms with van der Waals surface area (Å²) in [4.78, 5) is 8.00. The molecule has 12 heteroatoms. The lowest BCUT2D eigenvalue weighted by molar-refractivity contribution is 0.234. The van der Waals surface area contributed by atoms with Crippen molar-refractivity contribution in [3.63, 3.8) is 0 Å². The normalized spacial score (nSPS) is 11.2. The number of nitrogens with two attached hydrogens (primary N) is 2. The Labute approximate surface area is 150 Å². The molecule has 0 spiro atoms. The molecule has 10 nitrogen and oxygen atoms in total. The van der Waals surface area contributed by atoms with E-state index < -0.39 is 5.82 Å². The zero-order chi connectivity index (χ0) is 18.2. The van der Waals surface area contributed by atoms with Gasteiger partial charge in [-0.3, -0.25) is 15.7 Å². The number of rotatable bonds is 7. The van der Waals surface area contributed by atoms with Crippen LogP contribution in [0.5, 0.6) is 0 Å². The third-order valence-electron chi connectivity index (χ3n) is 2.88. The maximum absolute atomic E-state index is 13.3. The Kier molecular flexibility index (Phi) is 6.65. The van der Waals surface area contributed by atoms with Crippen LogP contribution in [-0.4, -0.2) is 40.4 Å². The summed E-state index contributed by atoms with van der Waals surface area (Å²) < 4.78 is 18.2. The molecule has 0 saturated carbocycles. The Morgan fingerprint density at radius 1 is 1.36 bits per heavy atom. The van der Waals surface area contributed by atoms with Gasteiger partial charge >= 0.3 is 0 Å². The van der Waals surface area contributed by atoms with Crippen molar-refractivity contribution in [3.8, 4) is 0 Å². The fourth-order valence-corrected chi connectivity index (χ4v) is 2.14. The van der Waals surface area contributed by atoms with E-state index in [1.807, 2.05) is 5.48 Å². The number of aromatic nitrogens is 2. The largest absolute Gasteiger partial charge is 0.370 e. The van der Waals surface area contributed by atoms with E-state index in [2.05, 4.69) is 46.2 Å². The monoisotopic (exact) mass is 414 g/mol. The number of nitrogens with one attached hydrogen (secondary N) is 2. The highest BCUT2D eigenvalue weighted by molar-refractivity contribution is 9.10. The number of anilines is 1. The van der Waals surface area contributed by atoms with Crippen LogP contribution in [0.3, 0.4) is 0 Å². The predicted molar refractivity (Wildman–Crippen MR) is 93.3 cm³/mol. The average molecular weight is 415 g/mol. The number of benzene rings is 1. The Balaban J connectivity index is 2.10. The van der Waals surface area contributed by atoms with E-state index in [1.165, 1.54) is 18.2 Å². The molecule has 1 heterocycles. The molecule has 7 N–H and O–H groups in total. The summed E-state index contributed by atoms with van der Waals surface area (Å²) in [6.45, 7) is 0.928. The molecule has 2 rings (SSSR count). The molecular formula is C13H16BrFN8O2. The molecule has 1 aromatic carbocycles. The molecule has 0 aliphatic rings.